The van der Waals surface area contributed by atoms with Crippen molar-refractivity contribution in [2.24, 2.45) is 0 Å². The van der Waals surface area contributed by atoms with Crippen LogP contribution in [0.4, 0.5) is 0 Å². The van der Waals surface area contributed by atoms with Crippen LogP contribution in [-0.2, 0) is 20.7 Å². The lowest BCUT2D eigenvalue weighted by molar-refractivity contribution is -0.145. The second-order valence-electron chi connectivity index (χ2n) is 3.40. The normalized spacial score (nSPS) is 10.1. The Morgan fingerprint density at radius 2 is 1.94 bits per heavy atom. The Hall–Kier alpha value is -1.35. The van der Waals surface area contributed by atoms with Crippen molar-refractivity contribution in [1.29, 1.82) is 0 Å². The van der Waals surface area contributed by atoms with E-state index in [1.165, 1.54) is 0 Å². The van der Waals surface area contributed by atoms with E-state index in [-0.39, 0.29) is 5.97 Å². The zero-order chi connectivity index (χ0) is 11.6. The van der Waals surface area contributed by atoms with Gasteiger partial charge in [0.05, 0.1) is 6.61 Å². The SMILES string of the molecule is CCOCCOC(=O)CCc1ccccc1. The molecule has 1 rings (SSSR count). The Morgan fingerprint density at radius 1 is 1.19 bits per heavy atom. The van der Waals surface area contributed by atoms with Crippen LogP contribution >= 0.6 is 0 Å². The molecule has 1 aromatic carbocycles. The van der Waals surface area contributed by atoms with E-state index >= 15 is 0 Å². The standard InChI is InChI=1S/C13H18O3/c1-2-15-10-11-16-13(14)9-8-12-6-4-3-5-7-12/h3-7H,2,8-11H2,1H3. The zero-order valence-corrected chi connectivity index (χ0v) is 9.65. The van der Waals surface area contributed by atoms with E-state index in [0.29, 0.717) is 26.2 Å². The molecule has 0 N–H and O–H groups in total. The lowest BCUT2D eigenvalue weighted by atomic mass is 10.1. The predicted molar refractivity (Wildman–Crippen MR) is 62.2 cm³/mol. The molecule has 0 aliphatic heterocycles. The van der Waals surface area contributed by atoms with Crippen LogP contribution in [-0.4, -0.2) is 25.8 Å². The van der Waals surface area contributed by atoms with Gasteiger partial charge in [-0.1, -0.05) is 30.3 Å². The maximum atomic E-state index is 11.3. The molecule has 3 heteroatoms. The molecule has 16 heavy (non-hydrogen) atoms. The quantitative estimate of drug-likeness (QED) is 0.524. The molecule has 0 aliphatic carbocycles. The molecule has 0 aromatic heterocycles. The first-order valence-electron chi connectivity index (χ1n) is 5.60. The highest BCUT2D eigenvalue weighted by Crippen LogP contribution is 2.03. The van der Waals surface area contributed by atoms with Crippen LogP contribution in [0.5, 0.6) is 0 Å². The largest absolute Gasteiger partial charge is 0.463 e. The van der Waals surface area contributed by atoms with Crippen molar-refractivity contribution < 1.29 is 14.3 Å². The predicted octanol–water partition coefficient (Wildman–Crippen LogP) is 2.20. The molecular weight excluding hydrogens is 204 g/mol. The summed E-state index contributed by atoms with van der Waals surface area (Å²) in [6.45, 7) is 3.40. The fraction of sp³-hybridized carbons (Fsp3) is 0.462. The Labute approximate surface area is 96.4 Å². The van der Waals surface area contributed by atoms with Gasteiger partial charge in [0, 0.05) is 13.0 Å². The van der Waals surface area contributed by atoms with Crippen molar-refractivity contribution in [1.82, 2.24) is 0 Å². The first-order valence-corrected chi connectivity index (χ1v) is 5.60. The minimum Gasteiger partial charge on any atom is -0.463 e. The fourth-order valence-corrected chi connectivity index (χ4v) is 1.32. The third kappa shape index (κ3) is 5.51. The van der Waals surface area contributed by atoms with Gasteiger partial charge in [0.25, 0.3) is 0 Å². The maximum absolute atomic E-state index is 11.3. The zero-order valence-electron chi connectivity index (χ0n) is 9.65. The van der Waals surface area contributed by atoms with Gasteiger partial charge in [-0.05, 0) is 18.9 Å². The van der Waals surface area contributed by atoms with E-state index in [1.807, 2.05) is 37.3 Å². The van der Waals surface area contributed by atoms with Gasteiger partial charge >= 0.3 is 5.97 Å². The number of hydrogen-bond donors (Lipinski definition) is 0. The minimum absolute atomic E-state index is 0.163. The Balaban J connectivity index is 2.11. The number of ether oxygens (including phenoxy) is 2. The van der Waals surface area contributed by atoms with Crippen molar-refractivity contribution in [3.8, 4) is 0 Å². The van der Waals surface area contributed by atoms with Crippen LogP contribution in [0.15, 0.2) is 30.3 Å². The lowest BCUT2D eigenvalue weighted by Gasteiger charge is -2.04. The molecule has 0 spiro atoms. The topological polar surface area (TPSA) is 35.5 Å². The average Bonchev–Trinajstić information content (AvgIpc) is 2.33. The van der Waals surface area contributed by atoms with E-state index in [2.05, 4.69) is 0 Å². The van der Waals surface area contributed by atoms with Gasteiger partial charge in [-0.15, -0.1) is 0 Å². The summed E-state index contributed by atoms with van der Waals surface area (Å²) in [6, 6.07) is 9.91. The number of benzene rings is 1. The Morgan fingerprint density at radius 3 is 2.62 bits per heavy atom. The number of carbonyl (C=O) groups excluding carboxylic acids is 1. The Bertz CT molecular complexity index is 295. The molecule has 0 saturated heterocycles. The van der Waals surface area contributed by atoms with Crippen LogP contribution in [0.2, 0.25) is 0 Å². The monoisotopic (exact) mass is 222 g/mol. The van der Waals surface area contributed by atoms with Gasteiger partial charge < -0.3 is 9.47 Å². The number of hydrogen-bond acceptors (Lipinski definition) is 3. The maximum Gasteiger partial charge on any atom is 0.306 e. The molecule has 3 nitrogen and oxygen atoms in total. The van der Waals surface area contributed by atoms with E-state index in [1.54, 1.807) is 0 Å². The van der Waals surface area contributed by atoms with E-state index < -0.39 is 0 Å². The molecule has 0 saturated carbocycles. The van der Waals surface area contributed by atoms with Crippen molar-refractivity contribution in [2.45, 2.75) is 19.8 Å². The minimum atomic E-state index is -0.163. The van der Waals surface area contributed by atoms with Gasteiger partial charge in [0.15, 0.2) is 0 Å². The van der Waals surface area contributed by atoms with Crippen LogP contribution in [0.1, 0.15) is 18.9 Å². The molecule has 0 atom stereocenters. The van der Waals surface area contributed by atoms with Gasteiger partial charge in [-0.25, -0.2) is 0 Å². The summed E-state index contributed by atoms with van der Waals surface area (Å²) in [7, 11) is 0. The molecule has 0 aliphatic rings. The summed E-state index contributed by atoms with van der Waals surface area (Å²) in [5.74, 6) is -0.163. The second kappa shape index (κ2) is 7.88. The summed E-state index contributed by atoms with van der Waals surface area (Å²) in [5, 5.41) is 0. The summed E-state index contributed by atoms with van der Waals surface area (Å²) in [4.78, 5) is 11.3. The summed E-state index contributed by atoms with van der Waals surface area (Å²) >= 11 is 0. The van der Waals surface area contributed by atoms with E-state index in [0.717, 1.165) is 12.0 Å². The smallest absolute Gasteiger partial charge is 0.306 e. The molecule has 88 valence electrons. The Kier molecular flexibility index (Phi) is 6.26. The van der Waals surface area contributed by atoms with Crippen LogP contribution in [0, 0.1) is 0 Å². The highest BCUT2D eigenvalue weighted by molar-refractivity contribution is 5.69. The van der Waals surface area contributed by atoms with Crippen molar-refractivity contribution in [2.75, 3.05) is 19.8 Å². The van der Waals surface area contributed by atoms with Crippen LogP contribution in [0.3, 0.4) is 0 Å². The van der Waals surface area contributed by atoms with Gasteiger partial charge in [0.2, 0.25) is 0 Å². The third-order valence-corrected chi connectivity index (χ3v) is 2.16. The molecule has 1 aromatic rings. The number of rotatable bonds is 7. The van der Waals surface area contributed by atoms with Crippen molar-refractivity contribution >= 4 is 5.97 Å². The molecule has 0 heterocycles. The molecule has 0 unspecified atom stereocenters. The second-order valence-corrected chi connectivity index (χ2v) is 3.40. The highest BCUT2D eigenvalue weighted by Gasteiger charge is 2.02. The number of aryl methyl sites for hydroxylation is 1. The lowest BCUT2D eigenvalue weighted by Crippen LogP contribution is -2.11. The molecule has 0 radical (unpaired) electrons. The van der Waals surface area contributed by atoms with Gasteiger partial charge in [0.1, 0.15) is 6.61 Å². The number of carbonyl (C=O) groups is 1. The van der Waals surface area contributed by atoms with Gasteiger partial charge in [-0.2, -0.15) is 0 Å². The first kappa shape index (κ1) is 12.7. The molecule has 0 amide bonds. The first-order chi connectivity index (χ1) is 7.83. The van der Waals surface area contributed by atoms with Crippen LogP contribution in [0.25, 0.3) is 0 Å². The van der Waals surface area contributed by atoms with Crippen molar-refractivity contribution in [3.05, 3.63) is 35.9 Å². The fourth-order valence-electron chi connectivity index (χ4n) is 1.32. The van der Waals surface area contributed by atoms with Crippen molar-refractivity contribution in [3.63, 3.8) is 0 Å². The third-order valence-electron chi connectivity index (χ3n) is 2.16. The summed E-state index contributed by atoms with van der Waals surface area (Å²) < 4.78 is 10.1. The number of esters is 1. The molecule has 0 bridgehead atoms. The van der Waals surface area contributed by atoms with Crippen LogP contribution < -0.4 is 0 Å². The molecule has 0 fully saturated rings. The summed E-state index contributed by atoms with van der Waals surface area (Å²) in [6.07, 6.45) is 1.16. The molecular formula is C13H18O3. The van der Waals surface area contributed by atoms with E-state index in [9.17, 15) is 4.79 Å². The van der Waals surface area contributed by atoms with Gasteiger partial charge in [-0.3, -0.25) is 4.79 Å². The highest BCUT2D eigenvalue weighted by atomic mass is 16.6. The average molecular weight is 222 g/mol. The van der Waals surface area contributed by atoms with E-state index in [4.69, 9.17) is 9.47 Å². The summed E-state index contributed by atoms with van der Waals surface area (Å²) in [5.41, 5.74) is 1.16.